The molecule has 0 atom stereocenters. The number of fused-ring (bicyclic) bond motifs is 1. The second-order valence-corrected chi connectivity index (χ2v) is 5.87. The Morgan fingerprint density at radius 2 is 1.88 bits per heavy atom. The van der Waals surface area contributed by atoms with Crippen molar-refractivity contribution in [3.63, 3.8) is 0 Å². The van der Waals surface area contributed by atoms with Crippen LogP contribution in [0.3, 0.4) is 0 Å². The number of anilines is 2. The fourth-order valence-electron chi connectivity index (χ4n) is 3.06. The summed E-state index contributed by atoms with van der Waals surface area (Å²) in [5.74, 6) is 1.17. The highest BCUT2D eigenvalue weighted by Crippen LogP contribution is 2.19. The molecule has 0 unspecified atom stereocenters. The summed E-state index contributed by atoms with van der Waals surface area (Å²) in [6.45, 7) is 2.67. The van der Waals surface area contributed by atoms with Crippen molar-refractivity contribution >= 4 is 22.8 Å². The SMILES string of the molecule is Cn1ccc2c(=O)[nH]c(N3CCN(c4nccnc4C#N)CC3)nc21. The smallest absolute Gasteiger partial charge is 0.261 e. The van der Waals surface area contributed by atoms with Crippen molar-refractivity contribution in [2.75, 3.05) is 36.0 Å². The highest BCUT2D eigenvalue weighted by Gasteiger charge is 2.22. The largest absolute Gasteiger partial charge is 0.351 e. The van der Waals surface area contributed by atoms with E-state index < -0.39 is 0 Å². The maximum atomic E-state index is 12.2. The fraction of sp³-hybridized carbons (Fsp3) is 0.312. The molecule has 1 aliphatic heterocycles. The molecule has 0 radical (unpaired) electrons. The number of aromatic nitrogens is 5. The molecule has 1 aliphatic rings. The Hall–Kier alpha value is -3.41. The quantitative estimate of drug-likeness (QED) is 0.715. The Morgan fingerprint density at radius 3 is 2.64 bits per heavy atom. The summed E-state index contributed by atoms with van der Waals surface area (Å²) in [5.41, 5.74) is 0.860. The van der Waals surface area contributed by atoms with Crippen LogP contribution < -0.4 is 15.4 Å². The van der Waals surface area contributed by atoms with Gasteiger partial charge in [-0.15, -0.1) is 0 Å². The van der Waals surface area contributed by atoms with E-state index in [2.05, 4.69) is 26.0 Å². The Labute approximate surface area is 143 Å². The zero-order valence-corrected chi connectivity index (χ0v) is 13.7. The van der Waals surface area contributed by atoms with Crippen LogP contribution in [0.4, 0.5) is 11.8 Å². The van der Waals surface area contributed by atoms with E-state index in [0.717, 1.165) is 0 Å². The van der Waals surface area contributed by atoms with E-state index >= 15 is 0 Å². The predicted octanol–water partition coefficient (Wildman–Crippen LogP) is 0.250. The van der Waals surface area contributed by atoms with E-state index in [1.54, 1.807) is 12.3 Å². The molecule has 1 fully saturated rings. The van der Waals surface area contributed by atoms with E-state index in [-0.39, 0.29) is 5.56 Å². The first-order valence-corrected chi connectivity index (χ1v) is 7.94. The van der Waals surface area contributed by atoms with Crippen LogP contribution in [0.1, 0.15) is 5.69 Å². The lowest BCUT2D eigenvalue weighted by Crippen LogP contribution is -2.48. The van der Waals surface area contributed by atoms with Gasteiger partial charge < -0.3 is 14.4 Å². The van der Waals surface area contributed by atoms with Gasteiger partial charge in [0.2, 0.25) is 5.95 Å². The molecule has 3 aromatic heterocycles. The topological polar surface area (TPSA) is 107 Å². The molecular formula is C16H16N8O. The maximum Gasteiger partial charge on any atom is 0.261 e. The van der Waals surface area contributed by atoms with Gasteiger partial charge in [-0.25, -0.2) is 9.97 Å². The number of aromatic amines is 1. The number of nitriles is 1. The van der Waals surface area contributed by atoms with Crippen LogP contribution in [0, 0.1) is 11.3 Å². The lowest BCUT2D eigenvalue weighted by molar-refractivity contribution is 0.632. The van der Waals surface area contributed by atoms with Gasteiger partial charge in [0.25, 0.3) is 5.56 Å². The monoisotopic (exact) mass is 336 g/mol. The minimum absolute atomic E-state index is 0.135. The van der Waals surface area contributed by atoms with Crippen molar-refractivity contribution in [1.29, 1.82) is 5.26 Å². The number of nitrogens with one attached hydrogen (secondary N) is 1. The average molecular weight is 336 g/mol. The van der Waals surface area contributed by atoms with E-state index in [0.29, 0.717) is 54.7 Å². The van der Waals surface area contributed by atoms with Crippen molar-refractivity contribution in [1.82, 2.24) is 24.5 Å². The Kier molecular flexibility index (Phi) is 3.57. The van der Waals surface area contributed by atoms with Gasteiger partial charge in [0.15, 0.2) is 11.5 Å². The third-order valence-corrected chi connectivity index (χ3v) is 4.39. The number of rotatable bonds is 2. The summed E-state index contributed by atoms with van der Waals surface area (Å²) in [5, 5.41) is 9.76. The number of piperazine rings is 1. The second-order valence-electron chi connectivity index (χ2n) is 5.87. The molecule has 0 aromatic carbocycles. The summed E-state index contributed by atoms with van der Waals surface area (Å²) < 4.78 is 1.84. The van der Waals surface area contributed by atoms with Gasteiger partial charge >= 0.3 is 0 Å². The first-order chi connectivity index (χ1) is 12.2. The van der Waals surface area contributed by atoms with Gasteiger partial charge in [0.1, 0.15) is 11.7 Å². The fourth-order valence-corrected chi connectivity index (χ4v) is 3.06. The van der Waals surface area contributed by atoms with Gasteiger partial charge in [0, 0.05) is 51.8 Å². The van der Waals surface area contributed by atoms with Crippen LogP contribution in [-0.4, -0.2) is 50.7 Å². The number of hydrogen-bond acceptors (Lipinski definition) is 7. The van der Waals surface area contributed by atoms with E-state index in [1.807, 2.05) is 27.6 Å². The average Bonchev–Trinajstić information content (AvgIpc) is 3.03. The summed E-state index contributed by atoms with van der Waals surface area (Å²) in [6, 6.07) is 3.84. The highest BCUT2D eigenvalue weighted by molar-refractivity contribution is 5.76. The van der Waals surface area contributed by atoms with Crippen molar-refractivity contribution in [3.8, 4) is 6.07 Å². The number of nitrogens with zero attached hydrogens (tertiary/aromatic N) is 7. The van der Waals surface area contributed by atoms with Gasteiger partial charge in [-0.2, -0.15) is 10.2 Å². The zero-order chi connectivity index (χ0) is 17.4. The third-order valence-electron chi connectivity index (χ3n) is 4.39. The molecule has 25 heavy (non-hydrogen) atoms. The molecule has 0 aliphatic carbocycles. The molecule has 9 heteroatoms. The Morgan fingerprint density at radius 1 is 1.16 bits per heavy atom. The van der Waals surface area contributed by atoms with E-state index in [4.69, 9.17) is 0 Å². The lowest BCUT2D eigenvalue weighted by atomic mass is 10.3. The molecular weight excluding hydrogens is 320 g/mol. The molecule has 3 aromatic rings. The van der Waals surface area contributed by atoms with Crippen molar-refractivity contribution < 1.29 is 0 Å². The predicted molar refractivity (Wildman–Crippen MR) is 92.5 cm³/mol. The molecule has 4 heterocycles. The van der Waals surface area contributed by atoms with Gasteiger partial charge in [-0.1, -0.05) is 0 Å². The first-order valence-electron chi connectivity index (χ1n) is 7.94. The van der Waals surface area contributed by atoms with Gasteiger partial charge in [-0.3, -0.25) is 9.78 Å². The van der Waals surface area contributed by atoms with E-state index in [9.17, 15) is 10.1 Å². The molecule has 1 N–H and O–H groups in total. The molecule has 0 saturated carbocycles. The highest BCUT2D eigenvalue weighted by atomic mass is 16.1. The number of hydrogen-bond donors (Lipinski definition) is 1. The summed E-state index contributed by atoms with van der Waals surface area (Å²) in [4.78, 5) is 32.1. The minimum atomic E-state index is -0.135. The summed E-state index contributed by atoms with van der Waals surface area (Å²) in [7, 11) is 1.87. The molecule has 4 rings (SSSR count). The molecule has 0 amide bonds. The third kappa shape index (κ3) is 2.57. The lowest BCUT2D eigenvalue weighted by Gasteiger charge is -2.35. The second kappa shape index (κ2) is 5.90. The standard InChI is InChI=1S/C16H16N8O/c1-22-5-2-11-13(22)20-16(21-15(11)25)24-8-6-23(7-9-24)14-12(10-17)18-3-4-19-14/h2-5H,6-9H2,1H3,(H,20,21,25). The molecule has 0 spiro atoms. The van der Waals surface area contributed by atoms with Crippen molar-refractivity contribution in [3.05, 3.63) is 40.7 Å². The summed E-state index contributed by atoms with van der Waals surface area (Å²) >= 11 is 0. The van der Waals surface area contributed by atoms with Gasteiger partial charge in [0.05, 0.1) is 5.39 Å². The van der Waals surface area contributed by atoms with Crippen molar-refractivity contribution in [2.24, 2.45) is 7.05 Å². The first kappa shape index (κ1) is 15.1. The van der Waals surface area contributed by atoms with Crippen molar-refractivity contribution in [2.45, 2.75) is 0 Å². The van der Waals surface area contributed by atoms with Gasteiger partial charge in [-0.05, 0) is 6.07 Å². The maximum absolute atomic E-state index is 12.2. The number of H-pyrrole nitrogens is 1. The van der Waals surface area contributed by atoms with Crippen LogP contribution in [0.15, 0.2) is 29.5 Å². The Balaban J connectivity index is 1.57. The van der Waals surface area contributed by atoms with Crippen LogP contribution in [0.25, 0.3) is 11.0 Å². The Bertz CT molecular complexity index is 1020. The minimum Gasteiger partial charge on any atom is -0.351 e. The summed E-state index contributed by atoms with van der Waals surface area (Å²) in [6.07, 6.45) is 4.93. The van der Waals surface area contributed by atoms with Crippen LogP contribution >= 0.6 is 0 Å². The van der Waals surface area contributed by atoms with Crippen LogP contribution in [0.2, 0.25) is 0 Å². The van der Waals surface area contributed by atoms with Crippen LogP contribution in [0.5, 0.6) is 0 Å². The van der Waals surface area contributed by atoms with E-state index in [1.165, 1.54) is 6.20 Å². The van der Waals surface area contributed by atoms with Crippen LogP contribution in [-0.2, 0) is 7.05 Å². The molecule has 9 nitrogen and oxygen atoms in total. The number of aryl methyl sites for hydroxylation is 1. The molecule has 0 bridgehead atoms. The molecule has 1 saturated heterocycles. The zero-order valence-electron chi connectivity index (χ0n) is 13.7. The normalized spacial score (nSPS) is 14.7. The molecule has 126 valence electrons.